The van der Waals surface area contributed by atoms with Crippen LogP contribution >= 0.6 is 0 Å². The van der Waals surface area contributed by atoms with Gasteiger partial charge in [-0.2, -0.15) is 0 Å². The monoisotopic (exact) mass is 300 g/mol. The fourth-order valence-corrected chi connectivity index (χ4v) is 2.23. The van der Waals surface area contributed by atoms with Crippen molar-refractivity contribution in [3.8, 4) is 0 Å². The number of benzene rings is 2. The largest absolute Gasteiger partial charge is 0.338 e. The van der Waals surface area contributed by atoms with Crippen molar-refractivity contribution >= 4 is 11.7 Å². The maximum atomic E-state index is 13.0. The van der Waals surface area contributed by atoms with E-state index in [1.807, 2.05) is 30.3 Å². The Morgan fingerprint density at radius 1 is 1.05 bits per heavy atom. The SMILES string of the molecule is CCCc1ccc(NC(=O)NCCc2cccc(F)c2)cc1. The van der Waals surface area contributed by atoms with Crippen LogP contribution in [0.2, 0.25) is 0 Å². The molecule has 4 heteroatoms. The summed E-state index contributed by atoms with van der Waals surface area (Å²) >= 11 is 0. The van der Waals surface area contributed by atoms with Crippen molar-refractivity contribution in [2.75, 3.05) is 11.9 Å². The summed E-state index contributed by atoms with van der Waals surface area (Å²) in [6, 6.07) is 14.0. The zero-order valence-electron chi connectivity index (χ0n) is 12.7. The second kappa shape index (κ2) is 8.17. The fraction of sp³-hybridized carbons (Fsp3) is 0.278. The molecule has 116 valence electrons. The van der Waals surface area contributed by atoms with Crippen molar-refractivity contribution in [1.82, 2.24) is 5.32 Å². The Morgan fingerprint density at radius 2 is 1.82 bits per heavy atom. The van der Waals surface area contributed by atoms with E-state index in [-0.39, 0.29) is 11.8 Å². The third-order valence-electron chi connectivity index (χ3n) is 3.34. The van der Waals surface area contributed by atoms with Gasteiger partial charge in [0.25, 0.3) is 0 Å². The molecule has 3 nitrogen and oxygen atoms in total. The normalized spacial score (nSPS) is 10.3. The lowest BCUT2D eigenvalue weighted by molar-refractivity contribution is 0.252. The number of nitrogens with one attached hydrogen (secondary N) is 2. The molecule has 2 aromatic rings. The third kappa shape index (κ3) is 5.20. The number of hydrogen-bond acceptors (Lipinski definition) is 1. The van der Waals surface area contributed by atoms with E-state index in [9.17, 15) is 9.18 Å². The van der Waals surface area contributed by atoms with Crippen LogP contribution in [0.1, 0.15) is 24.5 Å². The number of aryl methyl sites for hydroxylation is 1. The molecule has 0 unspecified atom stereocenters. The van der Waals surface area contributed by atoms with Gasteiger partial charge in [0.15, 0.2) is 0 Å². The first-order valence-corrected chi connectivity index (χ1v) is 7.55. The Morgan fingerprint density at radius 3 is 2.50 bits per heavy atom. The van der Waals surface area contributed by atoms with E-state index >= 15 is 0 Å². The minimum atomic E-state index is -0.255. The van der Waals surface area contributed by atoms with Gasteiger partial charge in [-0.05, 0) is 48.2 Å². The van der Waals surface area contributed by atoms with E-state index in [1.165, 1.54) is 17.7 Å². The smallest absolute Gasteiger partial charge is 0.319 e. The van der Waals surface area contributed by atoms with E-state index < -0.39 is 0 Å². The van der Waals surface area contributed by atoms with Crippen LogP contribution in [0.5, 0.6) is 0 Å². The van der Waals surface area contributed by atoms with Crippen LogP contribution in [0.3, 0.4) is 0 Å². The van der Waals surface area contributed by atoms with Gasteiger partial charge in [-0.25, -0.2) is 9.18 Å². The summed E-state index contributed by atoms with van der Waals surface area (Å²) < 4.78 is 13.0. The number of carbonyl (C=O) groups is 1. The molecule has 0 fully saturated rings. The summed E-state index contributed by atoms with van der Waals surface area (Å²) in [5, 5.41) is 5.55. The zero-order chi connectivity index (χ0) is 15.8. The summed E-state index contributed by atoms with van der Waals surface area (Å²) in [6.45, 7) is 2.60. The summed E-state index contributed by atoms with van der Waals surface area (Å²) in [5.74, 6) is -0.255. The number of amides is 2. The van der Waals surface area contributed by atoms with E-state index in [1.54, 1.807) is 6.07 Å². The number of urea groups is 1. The Balaban J connectivity index is 1.75. The van der Waals surface area contributed by atoms with E-state index in [4.69, 9.17) is 0 Å². The lowest BCUT2D eigenvalue weighted by atomic mass is 10.1. The Bertz CT molecular complexity index is 611. The molecule has 0 saturated heterocycles. The molecule has 2 amide bonds. The zero-order valence-corrected chi connectivity index (χ0v) is 12.7. The average molecular weight is 300 g/mol. The molecular formula is C18H21FN2O. The van der Waals surface area contributed by atoms with Crippen molar-refractivity contribution in [3.63, 3.8) is 0 Å². The van der Waals surface area contributed by atoms with Crippen molar-refractivity contribution in [2.45, 2.75) is 26.2 Å². The van der Waals surface area contributed by atoms with Gasteiger partial charge in [0.2, 0.25) is 0 Å². The Labute approximate surface area is 130 Å². The molecule has 0 heterocycles. The predicted molar refractivity (Wildman–Crippen MR) is 87.6 cm³/mol. The summed E-state index contributed by atoms with van der Waals surface area (Å²) in [6.07, 6.45) is 2.74. The van der Waals surface area contributed by atoms with Crippen molar-refractivity contribution in [2.24, 2.45) is 0 Å². The maximum Gasteiger partial charge on any atom is 0.319 e. The van der Waals surface area contributed by atoms with Gasteiger partial charge < -0.3 is 10.6 Å². The maximum absolute atomic E-state index is 13.0. The molecule has 2 rings (SSSR count). The molecule has 2 aromatic carbocycles. The Hall–Kier alpha value is -2.36. The number of rotatable bonds is 6. The van der Waals surface area contributed by atoms with Crippen LogP contribution in [0.25, 0.3) is 0 Å². The minimum Gasteiger partial charge on any atom is -0.338 e. The molecule has 0 saturated carbocycles. The number of anilines is 1. The highest BCUT2D eigenvalue weighted by Crippen LogP contribution is 2.10. The quantitative estimate of drug-likeness (QED) is 0.827. The highest BCUT2D eigenvalue weighted by atomic mass is 19.1. The van der Waals surface area contributed by atoms with Gasteiger partial charge in [0, 0.05) is 12.2 Å². The molecule has 0 aromatic heterocycles. The van der Waals surface area contributed by atoms with Crippen LogP contribution < -0.4 is 10.6 Å². The highest BCUT2D eigenvalue weighted by Gasteiger charge is 2.02. The molecule has 0 aliphatic rings. The fourth-order valence-electron chi connectivity index (χ4n) is 2.23. The lowest BCUT2D eigenvalue weighted by Crippen LogP contribution is -2.30. The first-order valence-electron chi connectivity index (χ1n) is 7.55. The topological polar surface area (TPSA) is 41.1 Å². The predicted octanol–water partition coefficient (Wildman–Crippen LogP) is 4.14. The molecule has 0 aliphatic heterocycles. The van der Waals surface area contributed by atoms with Gasteiger partial charge in [-0.1, -0.05) is 37.6 Å². The molecule has 0 atom stereocenters. The summed E-state index contributed by atoms with van der Waals surface area (Å²) in [4.78, 5) is 11.8. The van der Waals surface area contributed by atoms with Gasteiger partial charge in [-0.15, -0.1) is 0 Å². The van der Waals surface area contributed by atoms with Crippen molar-refractivity contribution in [3.05, 3.63) is 65.5 Å². The van der Waals surface area contributed by atoms with Crippen LogP contribution in [-0.4, -0.2) is 12.6 Å². The molecule has 0 spiro atoms. The summed E-state index contributed by atoms with van der Waals surface area (Å²) in [5.41, 5.74) is 2.90. The highest BCUT2D eigenvalue weighted by molar-refractivity contribution is 5.89. The second-order valence-electron chi connectivity index (χ2n) is 5.21. The van der Waals surface area contributed by atoms with Gasteiger partial charge in [0.1, 0.15) is 5.82 Å². The van der Waals surface area contributed by atoms with Gasteiger partial charge in [-0.3, -0.25) is 0 Å². The van der Waals surface area contributed by atoms with Crippen LogP contribution in [0.4, 0.5) is 14.9 Å². The van der Waals surface area contributed by atoms with Crippen molar-refractivity contribution in [1.29, 1.82) is 0 Å². The summed E-state index contributed by atoms with van der Waals surface area (Å²) in [7, 11) is 0. The minimum absolute atomic E-state index is 0.250. The van der Waals surface area contributed by atoms with Gasteiger partial charge >= 0.3 is 6.03 Å². The average Bonchev–Trinajstić information content (AvgIpc) is 2.50. The van der Waals surface area contributed by atoms with E-state index in [0.717, 1.165) is 24.1 Å². The number of halogens is 1. The van der Waals surface area contributed by atoms with Crippen LogP contribution in [-0.2, 0) is 12.8 Å². The molecule has 0 bridgehead atoms. The molecular weight excluding hydrogens is 279 g/mol. The molecule has 0 aliphatic carbocycles. The third-order valence-corrected chi connectivity index (χ3v) is 3.34. The molecule has 22 heavy (non-hydrogen) atoms. The first-order chi connectivity index (χ1) is 10.7. The van der Waals surface area contributed by atoms with Crippen LogP contribution in [0, 0.1) is 5.82 Å². The molecule has 2 N–H and O–H groups in total. The molecule has 0 radical (unpaired) electrons. The second-order valence-corrected chi connectivity index (χ2v) is 5.21. The lowest BCUT2D eigenvalue weighted by Gasteiger charge is -2.08. The van der Waals surface area contributed by atoms with Gasteiger partial charge in [0.05, 0.1) is 0 Å². The first kappa shape index (κ1) is 16.0. The van der Waals surface area contributed by atoms with E-state index in [0.29, 0.717) is 13.0 Å². The standard InChI is InChI=1S/C18H21FN2O/c1-2-4-14-7-9-17(10-8-14)21-18(22)20-12-11-15-5-3-6-16(19)13-15/h3,5-10,13H,2,4,11-12H2,1H3,(H2,20,21,22). The number of carbonyl (C=O) groups excluding carboxylic acids is 1. The van der Waals surface area contributed by atoms with Crippen molar-refractivity contribution < 1.29 is 9.18 Å². The number of hydrogen-bond donors (Lipinski definition) is 2. The van der Waals surface area contributed by atoms with E-state index in [2.05, 4.69) is 17.6 Å². The Kier molecular flexibility index (Phi) is 5.95. The van der Waals surface area contributed by atoms with Crippen LogP contribution in [0.15, 0.2) is 48.5 Å².